The average molecular weight is 870 g/mol. The molecule has 8 nitrogen and oxygen atoms in total. The molecule has 3 unspecified atom stereocenters. The third kappa shape index (κ3) is 45.0. The van der Waals surface area contributed by atoms with Gasteiger partial charge in [0.15, 0.2) is 0 Å². The molecule has 0 aliphatic rings. The van der Waals surface area contributed by atoms with Crippen LogP contribution in [0.4, 0.5) is 0 Å². The molecule has 0 saturated heterocycles. The van der Waals surface area contributed by atoms with Crippen LogP contribution in [0.1, 0.15) is 245 Å². The molecule has 0 aromatic heterocycles. The fourth-order valence-corrected chi connectivity index (χ4v) is 8.34. The van der Waals surface area contributed by atoms with Gasteiger partial charge in [-0.3, -0.25) is 13.8 Å². The Morgan fingerprint density at radius 1 is 0.567 bits per heavy atom. The predicted molar refractivity (Wildman–Crippen MR) is 258 cm³/mol. The number of phosphoric acid groups is 1. The molecular formula is C51H102N2O6P+. The van der Waals surface area contributed by atoms with Crippen molar-refractivity contribution in [3.05, 3.63) is 24.3 Å². The Morgan fingerprint density at radius 3 is 1.37 bits per heavy atom. The Bertz CT molecular complexity index is 1030. The predicted octanol–water partition coefficient (Wildman–Crippen LogP) is 14.9. The largest absolute Gasteiger partial charge is 0.472 e. The number of carbonyl (C=O) groups is 1. The molecule has 0 spiro atoms. The van der Waals surface area contributed by atoms with Crippen LogP contribution in [0.3, 0.4) is 0 Å². The molecule has 1 amide bonds. The first-order chi connectivity index (χ1) is 29.0. The first kappa shape index (κ1) is 59.0. The molecule has 0 aromatic rings. The van der Waals surface area contributed by atoms with E-state index in [1.807, 2.05) is 21.1 Å². The van der Waals surface area contributed by atoms with Gasteiger partial charge < -0.3 is 19.8 Å². The number of rotatable bonds is 47. The number of likely N-dealkylation sites (N-methyl/N-ethyl adjacent to an activating group) is 1. The van der Waals surface area contributed by atoms with Crippen LogP contribution in [-0.4, -0.2) is 73.4 Å². The molecule has 0 aliphatic heterocycles. The fraction of sp³-hybridized carbons (Fsp3) is 0.902. The zero-order valence-electron chi connectivity index (χ0n) is 40.5. The average Bonchev–Trinajstić information content (AvgIpc) is 3.20. The molecule has 0 bridgehead atoms. The number of amides is 1. The summed E-state index contributed by atoms with van der Waals surface area (Å²) < 4.78 is 23.6. The van der Waals surface area contributed by atoms with E-state index in [1.54, 1.807) is 0 Å². The summed E-state index contributed by atoms with van der Waals surface area (Å²) in [6.07, 6.45) is 52.4. The summed E-state index contributed by atoms with van der Waals surface area (Å²) in [4.78, 5) is 23.1. The highest BCUT2D eigenvalue weighted by molar-refractivity contribution is 7.47. The van der Waals surface area contributed by atoms with Gasteiger partial charge in [-0.25, -0.2) is 4.57 Å². The number of aliphatic hydroxyl groups is 1. The maximum atomic E-state index is 12.9. The molecule has 3 N–H and O–H groups in total. The molecule has 0 aliphatic carbocycles. The summed E-state index contributed by atoms with van der Waals surface area (Å²) >= 11 is 0. The van der Waals surface area contributed by atoms with Crippen LogP contribution >= 0.6 is 7.82 Å². The third-order valence-corrected chi connectivity index (χ3v) is 12.7. The van der Waals surface area contributed by atoms with Crippen molar-refractivity contribution in [2.75, 3.05) is 40.9 Å². The standard InChI is InChI=1S/C51H101N2O6P/c1-6-8-10-12-14-16-17-18-19-20-21-22-23-24-25-26-27-28-29-30-31-32-33-34-35-37-39-41-43-45-51(55)52-49(48-59-60(56,57)58-47-46-53(3,4)5)50(54)44-42-40-38-36-15-13-11-9-7-2/h21-22,24-25,49-50,54H,6-20,23,26-48H2,1-5H3,(H-,52,55,56,57)/p+1/b22-21-,25-24-. The van der Waals surface area contributed by atoms with Gasteiger partial charge in [-0.2, -0.15) is 0 Å². The highest BCUT2D eigenvalue weighted by Gasteiger charge is 2.28. The van der Waals surface area contributed by atoms with Gasteiger partial charge in [0.1, 0.15) is 13.2 Å². The van der Waals surface area contributed by atoms with Crippen molar-refractivity contribution < 1.29 is 32.9 Å². The first-order valence-electron chi connectivity index (χ1n) is 25.7. The van der Waals surface area contributed by atoms with Crippen LogP contribution in [0.15, 0.2) is 24.3 Å². The van der Waals surface area contributed by atoms with E-state index in [0.29, 0.717) is 23.9 Å². The van der Waals surface area contributed by atoms with Crippen LogP contribution in [-0.2, 0) is 18.4 Å². The van der Waals surface area contributed by atoms with E-state index in [1.165, 1.54) is 173 Å². The second-order valence-electron chi connectivity index (χ2n) is 18.9. The third-order valence-electron chi connectivity index (χ3n) is 11.7. The summed E-state index contributed by atoms with van der Waals surface area (Å²) in [5, 5.41) is 13.9. The molecule has 0 rings (SSSR count). The van der Waals surface area contributed by atoms with Gasteiger partial charge in [0, 0.05) is 6.42 Å². The fourth-order valence-electron chi connectivity index (χ4n) is 7.61. The zero-order valence-corrected chi connectivity index (χ0v) is 41.4. The highest BCUT2D eigenvalue weighted by Crippen LogP contribution is 2.43. The van der Waals surface area contributed by atoms with Gasteiger partial charge >= 0.3 is 7.82 Å². The molecule has 3 atom stereocenters. The second kappa shape index (κ2) is 43.2. The van der Waals surface area contributed by atoms with Gasteiger partial charge in [0.25, 0.3) is 0 Å². The number of hydrogen-bond donors (Lipinski definition) is 3. The normalized spacial score (nSPS) is 14.3. The number of carbonyl (C=O) groups excluding carboxylic acids is 1. The minimum atomic E-state index is -4.31. The zero-order chi connectivity index (χ0) is 44.3. The van der Waals surface area contributed by atoms with Crippen molar-refractivity contribution in [2.24, 2.45) is 0 Å². The monoisotopic (exact) mass is 870 g/mol. The molecule has 0 fully saturated rings. The quantitative estimate of drug-likeness (QED) is 0.0243. The Kier molecular flexibility index (Phi) is 42.5. The van der Waals surface area contributed by atoms with Gasteiger partial charge in [0.2, 0.25) is 5.91 Å². The van der Waals surface area contributed by atoms with Gasteiger partial charge in [-0.05, 0) is 44.9 Å². The second-order valence-corrected chi connectivity index (χ2v) is 20.4. The van der Waals surface area contributed by atoms with Crippen molar-refractivity contribution in [2.45, 2.75) is 257 Å². The van der Waals surface area contributed by atoms with Crippen LogP contribution in [0.25, 0.3) is 0 Å². The lowest BCUT2D eigenvalue weighted by molar-refractivity contribution is -0.870. The molecule has 60 heavy (non-hydrogen) atoms. The number of hydrogen-bond acceptors (Lipinski definition) is 5. The maximum absolute atomic E-state index is 12.9. The van der Waals surface area contributed by atoms with Crippen molar-refractivity contribution in [1.29, 1.82) is 0 Å². The Labute approximate surface area is 373 Å². The molecular weight excluding hydrogens is 768 g/mol. The van der Waals surface area contributed by atoms with Crippen molar-refractivity contribution in [1.82, 2.24) is 5.32 Å². The number of aliphatic hydroxyl groups excluding tert-OH is 1. The van der Waals surface area contributed by atoms with Crippen LogP contribution in [0.2, 0.25) is 0 Å². The van der Waals surface area contributed by atoms with E-state index >= 15 is 0 Å². The van der Waals surface area contributed by atoms with E-state index in [-0.39, 0.29) is 19.1 Å². The van der Waals surface area contributed by atoms with Crippen molar-refractivity contribution in [3.8, 4) is 0 Å². The molecule has 9 heteroatoms. The van der Waals surface area contributed by atoms with E-state index in [4.69, 9.17) is 9.05 Å². The lowest BCUT2D eigenvalue weighted by Crippen LogP contribution is -2.46. The Balaban J connectivity index is 4.01. The van der Waals surface area contributed by atoms with Crippen molar-refractivity contribution in [3.63, 3.8) is 0 Å². The topological polar surface area (TPSA) is 105 Å². The SMILES string of the molecule is CCCCCCCCCCC/C=C\C/C=C\CCCCCCCCCCCCCCCC(=O)NC(COP(=O)(O)OCC[N+](C)(C)C)C(O)CCCCCCCCCCC. The highest BCUT2D eigenvalue weighted by atomic mass is 31.2. The molecule has 0 radical (unpaired) electrons. The summed E-state index contributed by atoms with van der Waals surface area (Å²) in [6, 6.07) is -0.757. The van der Waals surface area contributed by atoms with Crippen LogP contribution in [0, 0.1) is 0 Å². The summed E-state index contributed by atoms with van der Waals surface area (Å²) in [5.41, 5.74) is 0. The van der Waals surface area contributed by atoms with E-state index < -0.39 is 20.0 Å². The molecule has 356 valence electrons. The number of allylic oxidation sites excluding steroid dienone is 4. The number of unbranched alkanes of at least 4 members (excludes halogenated alkanes) is 30. The first-order valence-corrected chi connectivity index (χ1v) is 27.2. The van der Waals surface area contributed by atoms with Gasteiger partial charge in [0.05, 0.1) is 39.9 Å². The lowest BCUT2D eigenvalue weighted by atomic mass is 10.0. The maximum Gasteiger partial charge on any atom is 0.472 e. The molecule has 0 aromatic carbocycles. The van der Waals surface area contributed by atoms with Crippen LogP contribution in [0.5, 0.6) is 0 Å². The summed E-state index contributed by atoms with van der Waals surface area (Å²) in [7, 11) is 1.62. The molecule has 0 saturated carbocycles. The van der Waals surface area contributed by atoms with Gasteiger partial charge in [-0.1, -0.05) is 218 Å². The summed E-state index contributed by atoms with van der Waals surface area (Å²) in [5.74, 6) is -0.146. The van der Waals surface area contributed by atoms with E-state index in [9.17, 15) is 19.4 Å². The van der Waals surface area contributed by atoms with E-state index in [0.717, 1.165) is 44.9 Å². The van der Waals surface area contributed by atoms with Crippen LogP contribution < -0.4 is 5.32 Å². The van der Waals surface area contributed by atoms with Gasteiger partial charge in [-0.15, -0.1) is 0 Å². The van der Waals surface area contributed by atoms with Crippen molar-refractivity contribution >= 4 is 13.7 Å². The van der Waals surface area contributed by atoms with E-state index in [2.05, 4.69) is 43.5 Å². The number of nitrogens with zero attached hydrogens (tertiary/aromatic N) is 1. The number of quaternary nitrogens is 1. The molecule has 0 heterocycles. The minimum absolute atomic E-state index is 0.0754. The number of nitrogens with one attached hydrogen (secondary N) is 1. The smallest absolute Gasteiger partial charge is 0.391 e. The summed E-state index contributed by atoms with van der Waals surface area (Å²) in [6.45, 7) is 4.87. The Hall–Kier alpha value is -1.02. The number of phosphoric ester groups is 1. The Morgan fingerprint density at radius 2 is 0.950 bits per heavy atom. The minimum Gasteiger partial charge on any atom is -0.391 e. The lowest BCUT2D eigenvalue weighted by Gasteiger charge is -2.26.